The Morgan fingerprint density at radius 2 is 1.90 bits per heavy atom. The number of nitrogens with zero attached hydrogens (tertiary/aromatic N) is 3. The van der Waals surface area contributed by atoms with Gasteiger partial charge in [0.1, 0.15) is 10.5 Å². The minimum atomic E-state index is -0.0360. The van der Waals surface area contributed by atoms with E-state index in [2.05, 4.69) is 11.1 Å². The minimum absolute atomic E-state index is 0.0216. The SMILES string of the molecule is C=C(C)Cn1c(C(=O)N2CCN(C(=O)c3ccccc3)[C@@H](C)C2)cc2ccsc21. The Morgan fingerprint density at radius 3 is 2.59 bits per heavy atom. The lowest BCUT2D eigenvalue weighted by atomic mass is 10.1. The first-order valence-corrected chi connectivity index (χ1v) is 10.7. The number of rotatable bonds is 4. The topological polar surface area (TPSA) is 45.6 Å². The average Bonchev–Trinajstić information content (AvgIpc) is 3.30. The van der Waals surface area contributed by atoms with Gasteiger partial charge in [0, 0.05) is 43.2 Å². The molecule has 0 bridgehead atoms. The molecule has 5 nitrogen and oxygen atoms in total. The zero-order chi connectivity index (χ0) is 20.5. The van der Waals surface area contributed by atoms with Crippen LogP contribution in [0.25, 0.3) is 10.2 Å². The maximum atomic E-state index is 13.3. The first-order chi connectivity index (χ1) is 14.0. The third kappa shape index (κ3) is 3.72. The van der Waals surface area contributed by atoms with Gasteiger partial charge in [0.15, 0.2) is 0 Å². The van der Waals surface area contributed by atoms with Gasteiger partial charge in [-0.25, -0.2) is 0 Å². The number of carbonyl (C=O) groups is 2. The molecule has 2 amide bonds. The smallest absolute Gasteiger partial charge is 0.270 e. The second-order valence-corrected chi connectivity index (χ2v) is 8.61. The molecular formula is C23H25N3O2S. The highest BCUT2D eigenvalue weighted by Gasteiger charge is 2.32. The monoisotopic (exact) mass is 407 g/mol. The molecule has 3 heterocycles. The van der Waals surface area contributed by atoms with Crippen LogP contribution in [0.5, 0.6) is 0 Å². The molecule has 1 aliphatic rings. The van der Waals surface area contributed by atoms with E-state index in [0.29, 0.717) is 37.4 Å². The number of hydrogen-bond acceptors (Lipinski definition) is 3. The van der Waals surface area contributed by atoms with E-state index >= 15 is 0 Å². The first kappa shape index (κ1) is 19.5. The molecule has 1 aromatic carbocycles. The van der Waals surface area contributed by atoms with Crippen molar-refractivity contribution >= 4 is 33.4 Å². The highest BCUT2D eigenvalue weighted by molar-refractivity contribution is 7.16. The zero-order valence-electron chi connectivity index (χ0n) is 16.8. The van der Waals surface area contributed by atoms with Crippen molar-refractivity contribution in [1.29, 1.82) is 0 Å². The maximum Gasteiger partial charge on any atom is 0.270 e. The van der Waals surface area contributed by atoms with Gasteiger partial charge in [-0.15, -0.1) is 11.3 Å². The third-order valence-electron chi connectivity index (χ3n) is 5.35. The van der Waals surface area contributed by atoms with Gasteiger partial charge in [0.05, 0.1) is 0 Å². The van der Waals surface area contributed by atoms with Crippen LogP contribution in [0.4, 0.5) is 0 Å². The summed E-state index contributed by atoms with van der Waals surface area (Å²) in [5.74, 6) is 0.0460. The van der Waals surface area contributed by atoms with E-state index in [9.17, 15) is 9.59 Å². The van der Waals surface area contributed by atoms with Crippen LogP contribution in [0.1, 0.15) is 34.7 Å². The molecular weight excluding hydrogens is 382 g/mol. The van der Waals surface area contributed by atoms with Crippen LogP contribution in [0.3, 0.4) is 0 Å². The Balaban J connectivity index is 1.53. The zero-order valence-corrected chi connectivity index (χ0v) is 17.6. The van der Waals surface area contributed by atoms with Crippen molar-refractivity contribution in [3.8, 4) is 0 Å². The summed E-state index contributed by atoms with van der Waals surface area (Å²) in [6.07, 6.45) is 0. The van der Waals surface area contributed by atoms with Gasteiger partial charge < -0.3 is 14.4 Å². The normalized spacial score (nSPS) is 17.0. The number of benzene rings is 1. The van der Waals surface area contributed by atoms with Gasteiger partial charge in [-0.2, -0.15) is 0 Å². The predicted molar refractivity (Wildman–Crippen MR) is 117 cm³/mol. The summed E-state index contributed by atoms with van der Waals surface area (Å²) in [5.41, 5.74) is 2.40. The fourth-order valence-electron chi connectivity index (χ4n) is 3.93. The third-order valence-corrected chi connectivity index (χ3v) is 6.30. The van der Waals surface area contributed by atoms with Crippen LogP contribution >= 0.6 is 11.3 Å². The van der Waals surface area contributed by atoms with E-state index in [1.165, 1.54) is 0 Å². The summed E-state index contributed by atoms with van der Waals surface area (Å²) < 4.78 is 2.07. The van der Waals surface area contributed by atoms with Gasteiger partial charge >= 0.3 is 0 Å². The van der Waals surface area contributed by atoms with Crippen LogP contribution in [0.2, 0.25) is 0 Å². The number of aromatic nitrogens is 1. The highest BCUT2D eigenvalue weighted by atomic mass is 32.1. The first-order valence-electron chi connectivity index (χ1n) is 9.82. The molecule has 3 aromatic rings. The standard InChI is InChI=1S/C23H25N3O2S/c1-16(2)14-26-20(13-19-9-12-29-23(19)26)22(28)24-10-11-25(17(3)15-24)21(27)18-7-5-4-6-8-18/h4-9,12-13,17H,1,10-11,14-15H2,2-3H3/t17-/m0/s1. The quantitative estimate of drug-likeness (QED) is 0.607. The molecule has 1 aliphatic heterocycles. The Labute approximate surface area is 174 Å². The summed E-state index contributed by atoms with van der Waals surface area (Å²) in [5, 5.41) is 3.13. The second kappa shape index (κ2) is 7.87. The maximum absolute atomic E-state index is 13.3. The number of amides is 2. The van der Waals surface area contributed by atoms with Crippen LogP contribution in [0, 0.1) is 0 Å². The Morgan fingerprint density at radius 1 is 1.14 bits per heavy atom. The lowest BCUT2D eigenvalue weighted by molar-refractivity contribution is 0.0409. The van der Waals surface area contributed by atoms with E-state index in [0.717, 1.165) is 15.8 Å². The van der Waals surface area contributed by atoms with Crippen LogP contribution in [0.15, 0.2) is 60.0 Å². The molecule has 150 valence electrons. The molecule has 1 fully saturated rings. The predicted octanol–water partition coefficient (Wildman–Crippen LogP) is 4.27. The van der Waals surface area contributed by atoms with Crippen molar-refractivity contribution < 1.29 is 9.59 Å². The largest absolute Gasteiger partial charge is 0.334 e. The summed E-state index contributed by atoms with van der Waals surface area (Å²) in [6.45, 7) is 10.2. The van der Waals surface area contributed by atoms with Gasteiger partial charge in [-0.05, 0) is 43.5 Å². The van der Waals surface area contributed by atoms with Crippen molar-refractivity contribution in [2.45, 2.75) is 26.4 Å². The number of fused-ring (bicyclic) bond motifs is 1. The average molecular weight is 408 g/mol. The molecule has 0 spiro atoms. The Hall–Kier alpha value is -2.86. The van der Waals surface area contributed by atoms with E-state index in [1.54, 1.807) is 11.3 Å². The lowest BCUT2D eigenvalue weighted by Crippen LogP contribution is -2.55. The summed E-state index contributed by atoms with van der Waals surface area (Å²) in [7, 11) is 0. The lowest BCUT2D eigenvalue weighted by Gasteiger charge is -2.40. The van der Waals surface area contributed by atoms with Crippen molar-refractivity contribution in [1.82, 2.24) is 14.4 Å². The van der Waals surface area contributed by atoms with Crippen LogP contribution in [-0.4, -0.2) is 51.9 Å². The number of piperazine rings is 1. The Bertz CT molecular complexity index is 1070. The molecule has 6 heteroatoms. The molecule has 29 heavy (non-hydrogen) atoms. The van der Waals surface area contributed by atoms with Crippen LogP contribution in [-0.2, 0) is 6.54 Å². The number of hydrogen-bond donors (Lipinski definition) is 0. The summed E-state index contributed by atoms with van der Waals surface area (Å²) >= 11 is 1.64. The summed E-state index contributed by atoms with van der Waals surface area (Å²) in [6, 6.07) is 13.3. The van der Waals surface area contributed by atoms with Gasteiger partial charge in [0.25, 0.3) is 11.8 Å². The fourth-order valence-corrected chi connectivity index (χ4v) is 4.83. The molecule has 2 aromatic heterocycles. The number of carbonyl (C=O) groups excluding carboxylic acids is 2. The fraction of sp³-hybridized carbons (Fsp3) is 0.304. The molecule has 0 aliphatic carbocycles. The van der Waals surface area contributed by atoms with Crippen molar-refractivity contribution in [3.63, 3.8) is 0 Å². The van der Waals surface area contributed by atoms with Gasteiger partial charge in [0.2, 0.25) is 0 Å². The second-order valence-electron chi connectivity index (χ2n) is 7.72. The Kier molecular flexibility index (Phi) is 5.28. The van der Waals surface area contributed by atoms with Crippen molar-refractivity contribution in [2.75, 3.05) is 19.6 Å². The molecule has 0 radical (unpaired) electrons. The molecule has 0 unspecified atom stereocenters. The number of thiophene rings is 1. The van der Waals surface area contributed by atoms with Crippen LogP contribution < -0.4 is 0 Å². The highest BCUT2D eigenvalue weighted by Crippen LogP contribution is 2.27. The van der Waals surface area contributed by atoms with Crippen molar-refractivity contribution in [3.05, 3.63) is 71.3 Å². The molecule has 4 rings (SSSR count). The van der Waals surface area contributed by atoms with E-state index in [1.807, 2.05) is 71.5 Å². The van der Waals surface area contributed by atoms with E-state index in [-0.39, 0.29) is 17.9 Å². The minimum Gasteiger partial charge on any atom is -0.334 e. The molecule has 1 saturated heterocycles. The molecule has 0 saturated carbocycles. The molecule has 0 N–H and O–H groups in total. The summed E-state index contributed by atoms with van der Waals surface area (Å²) in [4.78, 5) is 31.0. The molecule has 1 atom stereocenters. The van der Waals surface area contributed by atoms with E-state index < -0.39 is 0 Å². The van der Waals surface area contributed by atoms with Gasteiger partial charge in [-0.3, -0.25) is 9.59 Å². The van der Waals surface area contributed by atoms with E-state index in [4.69, 9.17) is 0 Å². The number of allylic oxidation sites excluding steroid dienone is 1. The van der Waals surface area contributed by atoms with Gasteiger partial charge in [-0.1, -0.05) is 30.4 Å². The van der Waals surface area contributed by atoms with Crippen molar-refractivity contribution in [2.24, 2.45) is 0 Å².